The molecule has 0 amide bonds. The summed E-state index contributed by atoms with van der Waals surface area (Å²) in [6.07, 6.45) is 10.6. The van der Waals surface area contributed by atoms with Crippen LogP contribution in [0.25, 0.3) is 0 Å². The molecule has 0 N–H and O–H groups in total. The average molecular weight is 283 g/mol. The Bertz CT molecular complexity index is 237. The van der Waals surface area contributed by atoms with Crippen molar-refractivity contribution >= 4 is 0 Å². The van der Waals surface area contributed by atoms with Crippen molar-refractivity contribution in [3.63, 3.8) is 0 Å². The Kier molecular flexibility index (Phi) is 32.1. The Hall–Kier alpha value is -0.780. The van der Waals surface area contributed by atoms with Gasteiger partial charge in [0, 0.05) is 0 Å². The van der Waals surface area contributed by atoms with Gasteiger partial charge in [-0.25, -0.2) is 0 Å². The molecule has 1 aliphatic carbocycles. The lowest BCUT2D eigenvalue weighted by Gasteiger charge is -2.15. The van der Waals surface area contributed by atoms with Gasteiger partial charge in [0.05, 0.1) is 0 Å². The van der Waals surface area contributed by atoms with E-state index in [0.717, 1.165) is 0 Å². The smallest absolute Gasteiger partial charge is 0.0318 e. The van der Waals surface area contributed by atoms with Crippen LogP contribution in [0.5, 0.6) is 0 Å². The minimum Gasteiger partial charge on any atom is -0.0991 e. The second-order valence-electron chi connectivity index (χ2n) is 4.42. The van der Waals surface area contributed by atoms with E-state index in [1.165, 1.54) is 37.7 Å². The molecule has 0 nitrogen and oxygen atoms in total. The molecular formula is C20H42. The third-order valence-corrected chi connectivity index (χ3v) is 2.76. The number of rotatable bonds is 2. The van der Waals surface area contributed by atoms with Gasteiger partial charge in [-0.1, -0.05) is 77.5 Å². The van der Waals surface area contributed by atoms with E-state index in [4.69, 9.17) is 0 Å². The van der Waals surface area contributed by atoms with Crippen molar-refractivity contribution in [3.8, 4) is 0 Å². The molecule has 0 saturated carbocycles. The van der Waals surface area contributed by atoms with Crippen LogP contribution in [0, 0.1) is 0 Å². The molecule has 0 aromatic rings. The summed E-state index contributed by atoms with van der Waals surface area (Å²) in [4.78, 5) is 0. The van der Waals surface area contributed by atoms with Crippen LogP contribution in [-0.2, 0) is 0 Å². The molecule has 0 unspecified atom stereocenters. The molecule has 0 aliphatic heterocycles. The summed E-state index contributed by atoms with van der Waals surface area (Å²) < 4.78 is 0. The normalized spacial score (nSPS) is 12.0. The minimum absolute atomic E-state index is 0. The van der Waals surface area contributed by atoms with E-state index in [1.54, 1.807) is 17.2 Å². The van der Waals surface area contributed by atoms with Gasteiger partial charge in [0.15, 0.2) is 0 Å². The van der Waals surface area contributed by atoms with Gasteiger partial charge in [-0.15, -0.1) is 0 Å². The highest BCUT2D eigenvalue weighted by Gasteiger charge is 2.05. The third kappa shape index (κ3) is 19.6. The first kappa shape index (κ1) is 27.5. The van der Waals surface area contributed by atoms with Crippen molar-refractivity contribution in [1.82, 2.24) is 0 Å². The molecule has 0 radical (unpaired) electrons. The topological polar surface area (TPSA) is 0 Å². The molecule has 0 heterocycles. The quantitative estimate of drug-likeness (QED) is 0.354. The standard InChI is InChI=1S/C9H16.C6H10.2C2H6.CH4/c1-3-9-7-5-4-6-8(9)2;1-4-5-6(2)3;2*1-2;/h3-7H2,1-2H3;4-5H,1H2,2-3H3;2*1-2H3;1H4. The van der Waals surface area contributed by atoms with Gasteiger partial charge in [0.1, 0.15) is 0 Å². The van der Waals surface area contributed by atoms with Gasteiger partial charge in [-0.05, 0) is 52.9 Å². The van der Waals surface area contributed by atoms with Crippen molar-refractivity contribution in [2.45, 2.75) is 94.9 Å². The second kappa shape index (κ2) is 23.3. The van der Waals surface area contributed by atoms with E-state index in [-0.39, 0.29) is 7.43 Å². The lowest BCUT2D eigenvalue weighted by Crippen LogP contribution is -1.95. The summed E-state index contributed by atoms with van der Waals surface area (Å²) in [7, 11) is 0. The fraction of sp³-hybridized carbons (Fsp3) is 0.700. The van der Waals surface area contributed by atoms with Gasteiger partial charge >= 0.3 is 0 Å². The van der Waals surface area contributed by atoms with Crippen LogP contribution < -0.4 is 0 Å². The molecule has 0 aromatic carbocycles. The van der Waals surface area contributed by atoms with Gasteiger partial charge < -0.3 is 0 Å². The summed E-state index contributed by atoms with van der Waals surface area (Å²) in [5.41, 5.74) is 4.69. The Balaban J connectivity index is -0.000000103. The summed E-state index contributed by atoms with van der Waals surface area (Å²) in [5, 5.41) is 0. The van der Waals surface area contributed by atoms with E-state index >= 15 is 0 Å². The Morgan fingerprint density at radius 3 is 1.70 bits per heavy atom. The van der Waals surface area contributed by atoms with E-state index in [2.05, 4.69) is 20.4 Å². The largest absolute Gasteiger partial charge is 0.0991 e. The van der Waals surface area contributed by atoms with E-state index in [1.807, 2.05) is 47.6 Å². The molecular weight excluding hydrogens is 240 g/mol. The molecule has 0 saturated heterocycles. The van der Waals surface area contributed by atoms with Crippen molar-refractivity contribution in [2.24, 2.45) is 0 Å². The molecule has 0 bridgehead atoms. The highest BCUT2D eigenvalue weighted by atomic mass is 14.1. The molecule has 0 fully saturated rings. The maximum Gasteiger partial charge on any atom is -0.0318 e. The summed E-state index contributed by atoms with van der Waals surface area (Å²) in [6.45, 7) is 20.2. The molecule has 122 valence electrons. The molecule has 20 heavy (non-hydrogen) atoms. The minimum atomic E-state index is 0. The van der Waals surface area contributed by atoms with Crippen LogP contribution in [0.15, 0.2) is 35.5 Å². The molecule has 0 spiro atoms. The van der Waals surface area contributed by atoms with Crippen LogP contribution in [0.2, 0.25) is 0 Å². The number of hydrogen-bond donors (Lipinski definition) is 0. The highest BCUT2D eigenvalue weighted by molar-refractivity contribution is 5.13. The SMILES string of the molecule is C.C=CC=C(C)C.CC.CC.CCC1=C(C)CCCC1. The molecule has 1 aliphatic rings. The van der Waals surface area contributed by atoms with Gasteiger partial charge in [-0.3, -0.25) is 0 Å². The number of hydrogen-bond acceptors (Lipinski definition) is 0. The zero-order valence-corrected chi connectivity index (χ0v) is 14.9. The number of allylic oxidation sites excluding steroid dienone is 5. The second-order valence-corrected chi connectivity index (χ2v) is 4.42. The fourth-order valence-electron chi connectivity index (χ4n) is 1.83. The predicted molar refractivity (Wildman–Crippen MR) is 101 cm³/mol. The first-order valence-corrected chi connectivity index (χ1v) is 8.05. The Labute approximate surface area is 131 Å². The van der Waals surface area contributed by atoms with Crippen LogP contribution in [0.4, 0.5) is 0 Å². The monoisotopic (exact) mass is 282 g/mol. The van der Waals surface area contributed by atoms with Crippen LogP contribution in [-0.4, -0.2) is 0 Å². The summed E-state index contributed by atoms with van der Waals surface area (Å²) in [5.74, 6) is 0. The van der Waals surface area contributed by atoms with Crippen LogP contribution in [0.1, 0.15) is 94.9 Å². The van der Waals surface area contributed by atoms with E-state index in [9.17, 15) is 0 Å². The van der Waals surface area contributed by atoms with Crippen molar-refractivity contribution in [3.05, 3.63) is 35.5 Å². The van der Waals surface area contributed by atoms with Gasteiger partial charge in [-0.2, -0.15) is 0 Å². The first-order chi connectivity index (χ1) is 9.11. The molecule has 1 rings (SSSR count). The fourth-order valence-corrected chi connectivity index (χ4v) is 1.83. The van der Waals surface area contributed by atoms with Crippen LogP contribution in [0.3, 0.4) is 0 Å². The summed E-state index contributed by atoms with van der Waals surface area (Å²) in [6, 6.07) is 0. The maximum atomic E-state index is 3.52. The Morgan fingerprint density at radius 2 is 1.50 bits per heavy atom. The van der Waals surface area contributed by atoms with Crippen LogP contribution >= 0.6 is 0 Å². The van der Waals surface area contributed by atoms with Crippen molar-refractivity contribution in [2.75, 3.05) is 0 Å². The lowest BCUT2D eigenvalue weighted by molar-refractivity contribution is 0.656. The Morgan fingerprint density at radius 1 is 1.05 bits per heavy atom. The van der Waals surface area contributed by atoms with E-state index < -0.39 is 0 Å². The zero-order chi connectivity index (χ0) is 15.7. The summed E-state index contributed by atoms with van der Waals surface area (Å²) >= 11 is 0. The molecule has 0 heteroatoms. The third-order valence-electron chi connectivity index (χ3n) is 2.76. The highest BCUT2D eigenvalue weighted by Crippen LogP contribution is 2.25. The average Bonchev–Trinajstić information content (AvgIpc) is 2.44. The van der Waals surface area contributed by atoms with Gasteiger partial charge in [0.25, 0.3) is 0 Å². The van der Waals surface area contributed by atoms with Crippen molar-refractivity contribution in [1.29, 1.82) is 0 Å². The predicted octanol–water partition coefficient (Wildman–Crippen LogP) is 8.11. The zero-order valence-electron chi connectivity index (χ0n) is 14.9. The maximum absolute atomic E-state index is 3.52. The van der Waals surface area contributed by atoms with Gasteiger partial charge in [0.2, 0.25) is 0 Å². The molecule has 0 atom stereocenters. The van der Waals surface area contributed by atoms with E-state index in [0.29, 0.717) is 0 Å². The lowest BCUT2D eigenvalue weighted by atomic mass is 9.91. The molecule has 0 aromatic heterocycles. The first-order valence-electron chi connectivity index (χ1n) is 8.05. The van der Waals surface area contributed by atoms with Crippen molar-refractivity contribution < 1.29 is 0 Å².